The van der Waals surface area contributed by atoms with Gasteiger partial charge in [0, 0.05) is 5.56 Å². The van der Waals surface area contributed by atoms with E-state index in [2.05, 4.69) is 5.32 Å². The molecule has 34 heavy (non-hydrogen) atoms. The Hall–Kier alpha value is -4.13. The number of amides is 1. The van der Waals surface area contributed by atoms with Crippen LogP contribution in [0.25, 0.3) is 11.0 Å². The lowest BCUT2D eigenvalue weighted by Gasteiger charge is -2.16. The zero-order valence-electron chi connectivity index (χ0n) is 19.4. The molecule has 1 unspecified atom stereocenters. The van der Waals surface area contributed by atoms with Crippen molar-refractivity contribution in [2.24, 2.45) is 0 Å². The number of methoxy groups -OCH3 is 2. The van der Waals surface area contributed by atoms with Crippen molar-refractivity contribution in [1.29, 1.82) is 0 Å². The summed E-state index contributed by atoms with van der Waals surface area (Å²) in [5, 5.41) is 3.02. The largest absolute Gasteiger partial charge is 0.493 e. The SMILES string of the molecule is COc1ccc(CC(=O)NC(C)c2nc3ccccc3n2CC(=O)c2ccccc2)cc1OC. The Kier molecular flexibility index (Phi) is 6.92. The molecular formula is C27H27N3O4. The van der Waals surface area contributed by atoms with E-state index in [-0.39, 0.29) is 24.7 Å². The second-order valence-corrected chi connectivity index (χ2v) is 7.99. The first-order valence-electron chi connectivity index (χ1n) is 11.0. The van der Waals surface area contributed by atoms with Crippen LogP contribution >= 0.6 is 0 Å². The molecule has 0 aliphatic rings. The molecule has 0 fully saturated rings. The number of nitrogens with zero attached hydrogens (tertiary/aromatic N) is 2. The smallest absolute Gasteiger partial charge is 0.224 e. The number of imidazole rings is 1. The molecule has 1 atom stereocenters. The minimum absolute atomic E-state index is 0.0196. The highest BCUT2D eigenvalue weighted by molar-refractivity contribution is 5.96. The maximum Gasteiger partial charge on any atom is 0.224 e. The highest BCUT2D eigenvalue weighted by atomic mass is 16.5. The first-order chi connectivity index (χ1) is 16.5. The molecule has 4 rings (SSSR count). The molecule has 0 saturated heterocycles. The summed E-state index contributed by atoms with van der Waals surface area (Å²) >= 11 is 0. The fraction of sp³-hybridized carbons (Fsp3) is 0.222. The molecule has 0 bridgehead atoms. The van der Waals surface area contributed by atoms with Crippen LogP contribution in [0.3, 0.4) is 0 Å². The molecule has 1 heterocycles. The van der Waals surface area contributed by atoms with Gasteiger partial charge in [0.25, 0.3) is 0 Å². The van der Waals surface area contributed by atoms with Gasteiger partial charge in [-0.05, 0) is 36.8 Å². The first kappa shape index (κ1) is 23.0. The Morgan fingerprint density at radius 3 is 2.38 bits per heavy atom. The Morgan fingerprint density at radius 1 is 0.941 bits per heavy atom. The van der Waals surface area contributed by atoms with Gasteiger partial charge >= 0.3 is 0 Å². The van der Waals surface area contributed by atoms with Crippen molar-refractivity contribution in [1.82, 2.24) is 14.9 Å². The quantitative estimate of drug-likeness (QED) is 0.378. The van der Waals surface area contributed by atoms with Gasteiger partial charge in [-0.3, -0.25) is 9.59 Å². The predicted molar refractivity (Wildman–Crippen MR) is 130 cm³/mol. The van der Waals surface area contributed by atoms with Gasteiger partial charge in [0.2, 0.25) is 5.91 Å². The molecule has 0 spiro atoms. The lowest BCUT2D eigenvalue weighted by molar-refractivity contribution is -0.121. The summed E-state index contributed by atoms with van der Waals surface area (Å²) in [5.41, 5.74) is 3.06. The van der Waals surface area contributed by atoms with E-state index in [0.29, 0.717) is 22.9 Å². The maximum atomic E-state index is 12.9. The lowest BCUT2D eigenvalue weighted by atomic mass is 10.1. The third-order valence-corrected chi connectivity index (χ3v) is 5.66. The summed E-state index contributed by atoms with van der Waals surface area (Å²) in [5.74, 6) is 1.63. The van der Waals surface area contributed by atoms with Crippen LogP contribution in [-0.4, -0.2) is 35.5 Å². The van der Waals surface area contributed by atoms with Gasteiger partial charge in [0.1, 0.15) is 5.82 Å². The van der Waals surface area contributed by atoms with Gasteiger partial charge in [0.05, 0.1) is 44.3 Å². The molecule has 1 aromatic heterocycles. The second kappa shape index (κ2) is 10.2. The Balaban J connectivity index is 1.55. The number of para-hydroxylation sites is 2. The molecule has 1 amide bonds. The Morgan fingerprint density at radius 2 is 1.65 bits per heavy atom. The van der Waals surface area contributed by atoms with Crippen LogP contribution in [-0.2, 0) is 17.8 Å². The summed E-state index contributed by atoms with van der Waals surface area (Å²) in [6.45, 7) is 2.01. The van der Waals surface area contributed by atoms with E-state index >= 15 is 0 Å². The molecule has 0 radical (unpaired) electrons. The van der Waals surface area contributed by atoms with Crippen molar-refractivity contribution >= 4 is 22.7 Å². The number of hydrogen-bond donors (Lipinski definition) is 1. The van der Waals surface area contributed by atoms with Crippen molar-refractivity contribution in [2.45, 2.75) is 25.9 Å². The molecule has 174 valence electrons. The highest BCUT2D eigenvalue weighted by Crippen LogP contribution is 2.28. The summed E-state index contributed by atoms with van der Waals surface area (Å²) < 4.78 is 12.5. The number of aromatic nitrogens is 2. The second-order valence-electron chi connectivity index (χ2n) is 7.99. The zero-order chi connectivity index (χ0) is 24.1. The Bertz CT molecular complexity index is 1310. The zero-order valence-corrected chi connectivity index (χ0v) is 19.4. The third kappa shape index (κ3) is 4.93. The van der Waals surface area contributed by atoms with Crippen LogP contribution in [0, 0.1) is 0 Å². The van der Waals surface area contributed by atoms with E-state index in [4.69, 9.17) is 14.5 Å². The molecule has 1 N–H and O–H groups in total. The van der Waals surface area contributed by atoms with Crippen molar-refractivity contribution in [3.63, 3.8) is 0 Å². The van der Waals surface area contributed by atoms with Gasteiger partial charge in [-0.2, -0.15) is 0 Å². The number of hydrogen-bond acceptors (Lipinski definition) is 5. The van der Waals surface area contributed by atoms with E-state index in [1.54, 1.807) is 38.5 Å². The Labute approximate surface area is 198 Å². The van der Waals surface area contributed by atoms with Gasteiger partial charge in [-0.15, -0.1) is 0 Å². The van der Waals surface area contributed by atoms with Crippen LogP contribution in [0.4, 0.5) is 0 Å². The van der Waals surface area contributed by atoms with Crippen LogP contribution < -0.4 is 14.8 Å². The minimum atomic E-state index is -0.399. The van der Waals surface area contributed by atoms with Crippen molar-refractivity contribution < 1.29 is 19.1 Å². The van der Waals surface area contributed by atoms with E-state index < -0.39 is 6.04 Å². The predicted octanol–water partition coefficient (Wildman–Crippen LogP) is 4.36. The third-order valence-electron chi connectivity index (χ3n) is 5.66. The average molecular weight is 458 g/mol. The van der Waals surface area contributed by atoms with Gasteiger partial charge in [0.15, 0.2) is 17.3 Å². The fourth-order valence-corrected chi connectivity index (χ4v) is 3.98. The summed E-state index contributed by atoms with van der Waals surface area (Å²) in [7, 11) is 3.13. The molecule has 4 aromatic rings. The number of carbonyl (C=O) groups excluding carboxylic acids is 2. The molecule has 3 aromatic carbocycles. The molecule has 0 aliphatic heterocycles. The van der Waals surface area contributed by atoms with Gasteiger partial charge in [-0.1, -0.05) is 48.5 Å². The number of benzene rings is 3. The van der Waals surface area contributed by atoms with Crippen molar-refractivity contribution in [3.05, 3.63) is 89.7 Å². The van der Waals surface area contributed by atoms with Crippen LogP contribution in [0.2, 0.25) is 0 Å². The lowest BCUT2D eigenvalue weighted by Crippen LogP contribution is -2.30. The van der Waals surface area contributed by atoms with E-state index in [9.17, 15) is 9.59 Å². The standard InChI is InChI=1S/C27H27N3O4/c1-18(28-26(32)16-19-13-14-24(33-2)25(15-19)34-3)27-29-21-11-7-8-12-22(21)30(27)17-23(31)20-9-5-4-6-10-20/h4-15,18H,16-17H2,1-3H3,(H,28,32). The molecule has 0 saturated carbocycles. The number of Topliss-reactive ketones (excluding diaryl/α,β-unsaturated/α-hetero) is 1. The van der Waals surface area contributed by atoms with Gasteiger partial charge < -0.3 is 19.4 Å². The van der Waals surface area contributed by atoms with E-state index in [1.807, 2.05) is 60.0 Å². The average Bonchev–Trinajstić information content (AvgIpc) is 3.22. The normalized spacial score (nSPS) is 11.7. The van der Waals surface area contributed by atoms with Gasteiger partial charge in [-0.25, -0.2) is 4.98 Å². The maximum absolute atomic E-state index is 12.9. The number of ketones is 1. The van der Waals surface area contributed by atoms with E-state index in [0.717, 1.165) is 16.6 Å². The summed E-state index contributed by atoms with van der Waals surface area (Å²) in [6.07, 6.45) is 0.174. The minimum Gasteiger partial charge on any atom is -0.493 e. The van der Waals surface area contributed by atoms with Crippen molar-refractivity contribution in [3.8, 4) is 11.5 Å². The number of fused-ring (bicyclic) bond motifs is 1. The van der Waals surface area contributed by atoms with Crippen molar-refractivity contribution in [2.75, 3.05) is 14.2 Å². The molecule has 0 aliphatic carbocycles. The number of rotatable bonds is 9. The summed E-state index contributed by atoms with van der Waals surface area (Å²) in [4.78, 5) is 30.5. The monoisotopic (exact) mass is 457 g/mol. The molecule has 7 heteroatoms. The van der Waals surface area contributed by atoms with Crippen LogP contribution in [0.5, 0.6) is 11.5 Å². The first-order valence-corrected chi connectivity index (χ1v) is 11.0. The number of ether oxygens (including phenoxy) is 2. The summed E-state index contributed by atoms with van der Waals surface area (Å²) in [6, 6.07) is 21.8. The highest BCUT2D eigenvalue weighted by Gasteiger charge is 2.21. The van der Waals surface area contributed by atoms with E-state index in [1.165, 1.54) is 0 Å². The number of carbonyl (C=O) groups is 2. The number of nitrogens with one attached hydrogen (secondary N) is 1. The molecular weight excluding hydrogens is 430 g/mol. The molecule has 7 nitrogen and oxygen atoms in total. The topological polar surface area (TPSA) is 82.5 Å². The van der Waals surface area contributed by atoms with Crippen LogP contribution in [0.1, 0.15) is 34.7 Å². The fourth-order valence-electron chi connectivity index (χ4n) is 3.98. The van der Waals surface area contributed by atoms with Crippen LogP contribution in [0.15, 0.2) is 72.8 Å².